The number of rotatable bonds is 6. The number of pyridine rings is 1. The molecule has 1 aromatic carbocycles. The van der Waals surface area contributed by atoms with Crippen LogP contribution in [0, 0.1) is 0 Å². The Bertz CT molecular complexity index is 971. The van der Waals surface area contributed by atoms with Gasteiger partial charge in [0.05, 0.1) is 5.69 Å². The van der Waals surface area contributed by atoms with Gasteiger partial charge >= 0.3 is 0 Å². The summed E-state index contributed by atoms with van der Waals surface area (Å²) in [6.07, 6.45) is 6.61. The van der Waals surface area contributed by atoms with Gasteiger partial charge in [-0.05, 0) is 37.0 Å². The van der Waals surface area contributed by atoms with E-state index < -0.39 is 0 Å². The summed E-state index contributed by atoms with van der Waals surface area (Å²) in [5, 5.41) is 7.13. The summed E-state index contributed by atoms with van der Waals surface area (Å²) in [5.41, 5.74) is 2.79. The molecular weight excluding hydrogens is 350 g/mol. The van der Waals surface area contributed by atoms with Crippen LogP contribution in [0.5, 0.6) is 0 Å². The lowest BCUT2D eigenvalue weighted by Gasteiger charge is -2.17. The lowest BCUT2D eigenvalue weighted by Crippen LogP contribution is -2.29. The lowest BCUT2D eigenvalue weighted by molar-refractivity contribution is 0.519. The third-order valence-corrected chi connectivity index (χ3v) is 5.31. The van der Waals surface area contributed by atoms with Crippen molar-refractivity contribution in [1.82, 2.24) is 19.9 Å². The number of nitrogens with one attached hydrogen (secondary N) is 2. The van der Waals surface area contributed by atoms with Gasteiger partial charge in [-0.25, -0.2) is 4.98 Å². The van der Waals surface area contributed by atoms with Crippen LogP contribution in [0.2, 0.25) is 0 Å². The molecule has 6 nitrogen and oxygen atoms in total. The minimum Gasteiger partial charge on any atom is -0.353 e. The minimum atomic E-state index is -0.0685. The van der Waals surface area contributed by atoms with Gasteiger partial charge in [-0.1, -0.05) is 30.3 Å². The molecule has 1 saturated carbocycles. The van der Waals surface area contributed by atoms with E-state index in [-0.39, 0.29) is 5.56 Å². The summed E-state index contributed by atoms with van der Waals surface area (Å²) in [7, 11) is 1.76. The van der Waals surface area contributed by atoms with E-state index in [4.69, 9.17) is 0 Å². The largest absolute Gasteiger partial charge is 0.353 e. The third-order valence-electron chi connectivity index (χ3n) is 5.31. The molecule has 0 saturated heterocycles. The highest BCUT2D eigenvalue weighted by Gasteiger charge is 2.25. The Kier molecular flexibility index (Phi) is 5.48. The van der Waals surface area contributed by atoms with Crippen molar-refractivity contribution >= 4 is 5.95 Å². The zero-order chi connectivity index (χ0) is 19.3. The molecule has 2 unspecified atom stereocenters. The Hall–Kier alpha value is -2.99. The van der Waals surface area contributed by atoms with Crippen LogP contribution in [0.25, 0.3) is 11.3 Å². The van der Waals surface area contributed by atoms with E-state index in [2.05, 4.69) is 44.9 Å². The summed E-state index contributed by atoms with van der Waals surface area (Å²) in [6.45, 7) is 0.881. The first kappa shape index (κ1) is 18.4. The fraction of sp³-hybridized carbons (Fsp3) is 0.318. The van der Waals surface area contributed by atoms with Crippen LogP contribution in [-0.4, -0.2) is 26.6 Å². The molecule has 2 atom stereocenters. The van der Waals surface area contributed by atoms with Gasteiger partial charge in [0.15, 0.2) is 0 Å². The van der Waals surface area contributed by atoms with Crippen LogP contribution in [0.4, 0.5) is 5.95 Å². The molecule has 2 N–H and O–H groups in total. The predicted molar refractivity (Wildman–Crippen MR) is 111 cm³/mol. The highest BCUT2D eigenvalue weighted by atomic mass is 16.1. The first-order valence-electron chi connectivity index (χ1n) is 9.71. The van der Waals surface area contributed by atoms with Crippen molar-refractivity contribution in [3.8, 4) is 11.3 Å². The van der Waals surface area contributed by atoms with Crippen molar-refractivity contribution in [3.63, 3.8) is 0 Å². The average Bonchev–Trinajstić information content (AvgIpc) is 3.18. The van der Waals surface area contributed by atoms with E-state index >= 15 is 0 Å². The van der Waals surface area contributed by atoms with Crippen molar-refractivity contribution in [2.45, 2.75) is 37.9 Å². The zero-order valence-corrected chi connectivity index (χ0v) is 16.0. The molecule has 4 rings (SSSR count). The number of aromatic nitrogens is 3. The number of benzene rings is 1. The van der Waals surface area contributed by atoms with Crippen molar-refractivity contribution in [1.29, 1.82) is 0 Å². The maximum atomic E-state index is 12.4. The van der Waals surface area contributed by atoms with Crippen molar-refractivity contribution < 1.29 is 0 Å². The van der Waals surface area contributed by atoms with Gasteiger partial charge in [0.25, 0.3) is 5.56 Å². The number of hydrogen-bond acceptors (Lipinski definition) is 5. The molecule has 144 valence electrons. The topological polar surface area (TPSA) is 71.8 Å². The maximum absolute atomic E-state index is 12.4. The quantitative estimate of drug-likeness (QED) is 0.693. The van der Waals surface area contributed by atoms with Crippen LogP contribution in [-0.2, 0) is 13.6 Å². The van der Waals surface area contributed by atoms with Gasteiger partial charge in [0.2, 0.25) is 5.95 Å². The molecule has 0 bridgehead atoms. The Morgan fingerprint density at radius 3 is 2.61 bits per heavy atom. The van der Waals surface area contributed by atoms with Gasteiger partial charge in [-0.3, -0.25) is 14.3 Å². The fourth-order valence-electron chi connectivity index (χ4n) is 3.68. The Labute approximate surface area is 164 Å². The standard InChI is InChI=1S/C22H25N5O/c1-27-21(28)14-20(17-9-11-23-12-10-17)26-22(27)25-19-8-7-18(13-19)24-15-16-5-3-2-4-6-16/h2-6,9-12,14,18-19,24H,7-8,13,15H2,1H3,(H,25,26). The van der Waals surface area contributed by atoms with Crippen LogP contribution < -0.4 is 16.2 Å². The van der Waals surface area contributed by atoms with E-state index in [1.807, 2.05) is 18.2 Å². The van der Waals surface area contributed by atoms with Gasteiger partial charge in [-0.15, -0.1) is 0 Å². The normalized spacial score (nSPS) is 18.9. The van der Waals surface area contributed by atoms with E-state index in [1.54, 1.807) is 30.1 Å². The molecular formula is C22H25N5O. The van der Waals surface area contributed by atoms with E-state index in [0.717, 1.165) is 31.4 Å². The molecule has 1 aliphatic carbocycles. The molecule has 28 heavy (non-hydrogen) atoms. The highest BCUT2D eigenvalue weighted by Crippen LogP contribution is 2.23. The molecule has 1 aliphatic rings. The Morgan fingerprint density at radius 1 is 1.07 bits per heavy atom. The first-order chi connectivity index (χ1) is 13.7. The molecule has 0 aliphatic heterocycles. The van der Waals surface area contributed by atoms with Gasteiger partial charge in [-0.2, -0.15) is 0 Å². The predicted octanol–water partition coefficient (Wildman–Crippen LogP) is 2.97. The SMILES string of the molecule is Cn1c(NC2CCC(NCc3ccccc3)C2)nc(-c2ccncc2)cc1=O. The third kappa shape index (κ3) is 4.28. The van der Waals surface area contributed by atoms with Crippen LogP contribution in [0.1, 0.15) is 24.8 Å². The molecule has 0 amide bonds. The highest BCUT2D eigenvalue weighted by molar-refractivity contribution is 5.59. The average molecular weight is 375 g/mol. The maximum Gasteiger partial charge on any atom is 0.255 e. The van der Waals surface area contributed by atoms with Crippen molar-refractivity contribution in [2.75, 3.05) is 5.32 Å². The zero-order valence-electron chi connectivity index (χ0n) is 16.0. The first-order valence-corrected chi connectivity index (χ1v) is 9.71. The Morgan fingerprint density at radius 2 is 1.82 bits per heavy atom. The van der Waals surface area contributed by atoms with Gasteiger partial charge < -0.3 is 10.6 Å². The fourth-order valence-corrected chi connectivity index (χ4v) is 3.68. The monoisotopic (exact) mass is 375 g/mol. The second-order valence-electron chi connectivity index (χ2n) is 7.32. The summed E-state index contributed by atoms with van der Waals surface area (Å²) < 4.78 is 1.58. The molecule has 3 aromatic rings. The number of hydrogen-bond donors (Lipinski definition) is 2. The summed E-state index contributed by atoms with van der Waals surface area (Å²) in [5.74, 6) is 0.619. The molecule has 0 spiro atoms. The van der Waals surface area contributed by atoms with E-state index in [1.165, 1.54) is 5.56 Å². The van der Waals surface area contributed by atoms with Crippen LogP contribution in [0.15, 0.2) is 65.7 Å². The number of nitrogens with zero attached hydrogens (tertiary/aromatic N) is 3. The molecule has 2 heterocycles. The molecule has 2 aromatic heterocycles. The molecule has 0 radical (unpaired) electrons. The Balaban J connectivity index is 1.42. The summed E-state index contributed by atoms with van der Waals surface area (Å²) in [6, 6.07) is 16.5. The minimum absolute atomic E-state index is 0.0685. The van der Waals surface area contributed by atoms with Gasteiger partial charge in [0.1, 0.15) is 0 Å². The second kappa shape index (κ2) is 8.35. The smallest absolute Gasteiger partial charge is 0.255 e. The molecule has 1 fully saturated rings. The van der Waals surface area contributed by atoms with Gasteiger partial charge in [0, 0.05) is 49.7 Å². The van der Waals surface area contributed by atoms with E-state index in [9.17, 15) is 4.79 Å². The number of anilines is 1. The second-order valence-corrected chi connectivity index (χ2v) is 7.32. The lowest BCUT2D eigenvalue weighted by atomic mass is 10.2. The van der Waals surface area contributed by atoms with Crippen LogP contribution in [0.3, 0.4) is 0 Å². The van der Waals surface area contributed by atoms with Crippen LogP contribution >= 0.6 is 0 Å². The molecule has 6 heteroatoms. The van der Waals surface area contributed by atoms with E-state index in [0.29, 0.717) is 23.7 Å². The summed E-state index contributed by atoms with van der Waals surface area (Å²) >= 11 is 0. The van der Waals surface area contributed by atoms with Crippen molar-refractivity contribution in [2.24, 2.45) is 7.05 Å². The van der Waals surface area contributed by atoms with Crippen molar-refractivity contribution in [3.05, 3.63) is 76.8 Å². The summed E-state index contributed by atoms with van der Waals surface area (Å²) in [4.78, 5) is 21.1.